The number of carboxylic acid groups (broad SMARTS) is 1. The van der Waals surface area contributed by atoms with Gasteiger partial charge in [0.25, 0.3) is 0 Å². The lowest BCUT2D eigenvalue weighted by molar-refractivity contribution is -0.148. The summed E-state index contributed by atoms with van der Waals surface area (Å²) >= 11 is 0. The van der Waals surface area contributed by atoms with Crippen LogP contribution >= 0.6 is 0 Å². The maximum absolute atomic E-state index is 11.0. The van der Waals surface area contributed by atoms with Gasteiger partial charge < -0.3 is 10.2 Å². The van der Waals surface area contributed by atoms with Gasteiger partial charge in [-0.2, -0.15) is 5.10 Å². The van der Waals surface area contributed by atoms with Crippen LogP contribution in [-0.4, -0.2) is 32.5 Å². The summed E-state index contributed by atoms with van der Waals surface area (Å²) in [5.74, 6) is -1.19. The number of benzene rings is 1. The van der Waals surface area contributed by atoms with Gasteiger partial charge in [0, 0.05) is 16.7 Å². The number of aliphatic carboxylic acids is 1. The molecule has 1 fully saturated rings. The van der Waals surface area contributed by atoms with Crippen molar-refractivity contribution in [3.8, 4) is 11.3 Å². The van der Waals surface area contributed by atoms with E-state index in [0.717, 1.165) is 11.3 Å². The van der Waals surface area contributed by atoms with Gasteiger partial charge in [0.05, 0.1) is 5.69 Å². The van der Waals surface area contributed by atoms with Crippen molar-refractivity contribution >= 4 is 5.97 Å². The monoisotopic (exact) mass is 258 g/mol. The van der Waals surface area contributed by atoms with Crippen molar-refractivity contribution in [2.75, 3.05) is 0 Å². The van der Waals surface area contributed by atoms with Crippen LogP contribution in [0.1, 0.15) is 18.5 Å². The molecular weight excluding hydrogens is 244 g/mol. The Balaban J connectivity index is 1.92. The summed E-state index contributed by atoms with van der Waals surface area (Å²) in [6.07, 6.45) is -0.0510. The molecule has 98 valence electrons. The number of nitrogens with one attached hydrogen (secondary N) is 1. The predicted octanol–water partition coefficient (Wildman–Crippen LogP) is 1.55. The molecular formula is C14H14N2O3. The minimum Gasteiger partial charge on any atom is -0.479 e. The number of aliphatic hydroxyl groups excluding tert-OH is 1. The number of aliphatic hydroxyl groups is 1. The molecule has 1 unspecified atom stereocenters. The molecule has 0 amide bonds. The Bertz CT molecular complexity index is 602. The third-order valence-electron chi connectivity index (χ3n) is 3.73. The highest BCUT2D eigenvalue weighted by molar-refractivity contribution is 5.75. The van der Waals surface area contributed by atoms with Crippen LogP contribution in [0.3, 0.4) is 0 Å². The largest absolute Gasteiger partial charge is 0.479 e. The molecule has 2 aromatic rings. The number of aromatic nitrogens is 2. The van der Waals surface area contributed by atoms with Crippen molar-refractivity contribution in [2.24, 2.45) is 0 Å². The lowest BCUT2D eigenvalue weighted by Gasteiger charge is -2.16. The SMILES string of the molecule is O=C(O)C(O)C1(c2cc(-c3ccccc3)n[nH]2)CC1. The van der Waals surface area contributed by atoms with Crippen LogP contribution in [0.5, 0.6) is 0 Å². The van der Waals surface area contributed by atoms with Crippen molar-refractivity contribution in [1.29, 1.82) is 0 Å². The first-order valence-corrected chi connectivity index (χ1v) is 6.16. The quantitative estimate of drug-likeness (QED) is 0.776. The predicted molar refractivity (Wildman–Crippen MR) is 68.6 cm³/mol. The molecule has 1 heterocycles. The van der Waals surface area contributed by atoms with E-state index in [0.29, 0.717) is 18.5 Å². The fourth-order valence-electron chi connectivity index (χ4n) is 2.39. The first kappa shape index (κ1) is 11.9. The smallest absolute Gasteiger partial charge is 0.333 e. The second kappa shape index (κ2) is 4.20. The lowest BCUT2D eigenvalue weighted by Crippen LogP contribution is -2.34. The molecule has 1 atom stereocenters. The fraction of sp³-hybridized carbons (Fsp3) is 0.286. The van der Waals surface area contributed by atoms with E-state index in [-0.39, 0.29) is 0 Å². The molecule has 0 aliphatic heterocycles. The molecule has 5 nitrogen and oxygen atoms in total. The Labute approximate surface area is 109 Å². The van der Waals surface area contributed by atoms with Crippen LogP contribution in [0.15, 0.2) is 36.4 Å². The van der Waals surface area contributed by atoms with Crippen molar-refractivity contribution in [3.05, 3.63) is 42.1 Å². The molecule has 1 aliphatic rings. The molecule has 0 bridgehead atoms. The third-order valence-corrected chi connectivity index (χ3v) is 3.73. The van der Waals surface area contributed by atoms with Crippen molar-refractivity contribution < 1.29 is 15.0 Å². The van der Waals surface area contributed by atoms with Gasteiger partial charge in [-0.1, -0.05) is 30.3 Å². The Morgan fingerprint density at radius 2 is 2.00 bits per heavy atom. The molecule has 1 aromatic heterocycles. The number of carboxylic acids is 1. The molecule has 1 saturated carbocycles. The minimum atomic E-state index is -1.38. The number of carbonyl (C=O) groups is 1. The van der Waals surface area contributed by atoms with E-state index in [2.05, 4.69) is 10.2 Å². The van der Waals surface area contributed by atoms with E-state index in [9.17, 15) is 9.90 Å². The van der Waals surface area contributed by atoms with Crippen molar-refractivity contribution in [1.82, 2.24) is 10.2 Å². The Kier molecular flexibility index (Phi) is 2.64. The van der Waals surface area contributed by atoms with Crippen LogP contribution in [0.4, 0.5) is 0 Å². The molecule has 3 N–H and O–H groups in total. The maximum atomic E-state index is 11.0. The third kappa shape index (κ3) is 1.92. The minimum absolute atomic E-state index is 0.664. The first-order chi connectivity index (χ1) is 9.13. The zero-order valence-corrected chi connectivity index (χ0v) is 10.2. The summed E-state index contributed by atoms with van der Waals surface area (Å²) in [5.41, 5.74) is 1.73. The lowest BCUT2D eigenvalue weighted by atomic mass is 9.94. The number of hydrogen-bond acceptors (Lipinski definition) is 3. The van der Waals surface area contributed by atoms with Gasteiger partial charge in [0.15, 0.2) is 6.10 Å². The van der Waals surface area contributed by atoms with Crippen LogP contribution in [0, 0.1) is 0 Å². The fourth-order valence-corrected chi connectivity index (χ4v) is 2.39. The number of nitrogens with zero attached hydrogens (tertiary/aromatic N) is 1. The highest BCUT2D eigenvalue weighted by Crippen LogP contribution is 2.50. The summed E-state index contributed by atoms with van der Waals surface area (Å²) in [6.45, 7) is 0. The number of aromatic amines is 1. The zero-order chi connectivity index (χ0) is 13.5. The number of rotatable bonds is 4. The molecule has 5 heteroatoms. The van der Waals surface area contributed by atoms with Gasteiger partial charge in [0.1, 0.15) is 0 Å². The molecule has 1 aromatic carbocycles. The van der Waals surface area contributed by atoms with Crippen LogP contribution < -0.4 is 0 Å². The molecule has 0 radical (unpaired) electrons. The van der Waals surface area contributed by atoms with Crippen LogP contribution in [0.25, 0.3) is 11.3 Å². The Hall–Kier alpha value is -2.14. The Morgan fingerprint density at radius 1 is 1.32 bits per heavy atom. The van der Waals surface area contributed by atoms with Gasteiger partial charge in [0.2, 0.25) is 0 Å². The Morgan fingerprint density at radius 3 is 2.58 bits per heavy atom. The van der Waals surface area contributed by atoms with Gasteiger partial charge in [-0.3, -0.25) is 5.10 Å². The topological polar surface area (TPSA) is 86.2 Å². The van der Waals surface area contributed by atoms with Crippen molar-refractivity contribution in [2.45, 2.75) is 24.4 Å². The van der Waals surface area contributed by atoms with E-state index in [4.69, 9.17) is 5.11 Å². The summed E-state index contributed by atoms with van der Waals surface area (Å²) in [6, 6.07) is 11.5. The number of hydrogen-bond donors (Lipinski definition) is 3. The van der Waals surface area contributed by atoms with Crippen LogP contribution in [-0.2, 0) is 10.2 Å². The highest BCUT2D eigenvalue weighted by atomic mass is 16.4. The average molecular weight is 258 g/mol. The van der Waals surface area contributed by atoms with Gasteiger partial charge >= 0.3 is 5.97 Å². The normalized spacial score (nSPS) is 17.9. The molecule has 0 saturated heterocycles. The molecule has 19 heavy (non-hydrogen) atoms. The first-order valence-electron chi connectivity index (χ1n) is 6.16. The van der Waals surface area contributed by atoms with Crippen LogP contribution in [0.2, 0.25) is 0 Å². The zero-order valence-electron chi connectivity index (χ0n) is 10.2. The summed E-state index contributed by atoms with van der Waals surface area (Å²) < 4.78 is 0. The van der Waals surface area contributed by atoms with E-state index >= 15 is 0 Å². The average Bonchev–Trinajstić information content (AvgIpc) is 3.09. The maximum Gasteiger partial charge on any atom is 0.333 e. The van der Waals surface area contributed by atoms with E-state index in [1.807, 2.05) is 36.4 Å². The van der Waals surface area contributed by atoms with E-state index in [1.54, 1.807) is 0 Å². The summed E-state index contributed by atoms with van der Waals surface area (Å²) in [5, 5.41) is 25.8. The van der Waals surface area contributed by atoms with Gasteiger partial charge in [-0.05, 0) is 18.9 Å². The highest BCUT2D eigenvalue weighted by Gasteiger charge is 2.54. The second-order valence-electron chi connectivity index (χ2n) is 4.93. The molecule has 1 aliphatic carbocycles. The molecule has 0 spiro atoms. The van der Waals surface area contributed by atoms with Crippen molar-refractivity contribution in [3.63, 3.8) is 0 Å². The second-order valence-corrected chi connectivity index (χ2v) is 4.93. The van der Waals surface area contributed by atoms with E-state index < -0.39 is 17.5 Å². The van der Waals surface area contributed by atoms with Gasteiger partial charge in [-0.15, -0.1) is 0 Å². The summed E-state index contributed by atoms with van der Waals surface area (Å²) in [4.78, 5) is 11.0. The van der Waals surface area contributed by atoms with E-state index in [1.165, 1.54) is 0 Å². The molecule has 3 rings (SSSR count). The van der Waals surface area contributed by atoms with Gasteiger partial charge in [-0.25, -0.2) is 4.79 Å². The standard InChI is InChI=1S/C14H14N2O3/c17-12(13(18)19)14(6-7-14)11-8-10(15-16-11)9-4-2-1-3-5-9/h1-5,8,12,17H,6-7H2,(H,15,16)(H,18,19). The summed E-state index contributed by atoms with van der Waals surface area (Å²) in [7, 11) is 0. The number of H-pyrrole nitrogens is 1.